The van der Waals surface area contributed by atoms with Gasteiger partial charge < -0.3 is 19.0 Å². The van der Waals surface area contributed by atoms with Crippen LogP contribution in [0.5, 0.6) is 0 Å². The molecule has 4 aromatic rings. The maximum Gasteiger partial charge on any atom is 0.338 e. The van der Waals surface area contributed by atoms with Crippen LogP contribution in [0.2, 0.25) is 0 Å². The number of aromatic nitrogens is 3. The Labute approximate surface area is 209 Å². The highest BCUT2D eigenvalue weighted by Crippen LogP contribution is 2.30. The normalized spacial score (nSPS) is 14.1. The first-order valence-corrected chi connectivity index (χ1v) is 12.3. The molecule has 2 aromatic carbocycles. The summed E-state index contributed by atoms with van der Waals surface area (Å²) in [5.41, 5.74) is 2.60. The number of para-hydroxylation sites is 1. The summed E-state index contributed by atoms with van der Waals surface area (Å²) in [6, 6.07) is 14.5. The van der Waals surface area contributed by atoms with Crippen molar-refractivity contribution in [2.24, 2.45) is 0 Å². The number of ether oxygens (including phenoxy) is 1. The van der Waals surface area contributed by atoms with Crippen LogP contribution in [0, 0.1) is 0 Å². The number of carbonyl (C=O) groups is 2. The molecule has 0 saturated carbocycles. The fourth-order valence-corrected chi connectivity index (χ4v) is 4.58. The summed E-state index contributed by atoms with van der Waals surface area (Å²) in [5.74, 6) is 0.399. The van der Waals surface area contributed by atoms with Gasteiger partial charge in [0.2, 0.25) is 17.7 Å². The van der Waals surface area contributed by atoms with Crippen LogP contribution in [0.25, 0.3) is 22.4 Å². The van der Waals surface area contributed by atoms with E-state index in [1.807, 2.05) is 35.0 Å². The number of benzene rings is 2. The zero-order chi connectivity index (χ0) is 24.9. The van der Waals surface area contributed by atoms with Crippen LogP contribution in [0.3, 0.4) is 0 Å². The van der Waals surface area contributed by atoms with E-state index in [0.717, 1.165) is 29.6 Å². The number of rotatable bonds is 8. The van der Waals surface area contributed by atoms with Crippen molar-refractivity contribution in [3.8, 4) is 11.5 Å². The molecule has 0 atom stereocenters. The Kier molecular flexibility index (Phi) is 7.08. The fraction of sp³-hybridized carbons (Fsp3) is 0.333. The maximum absolute atomic E-state index is 12.9. The molecule has 1 saturated heterocycles. The number of nitrogens with zero attached hydrogens (tertiary/aromatic N) is 4. The predicted molar refractivity (Wildman–Crippen MR) is 135 cm³/mol. The molecule has 1 aliphatic rings. The predicted octanol–water partition coefficient (Wildman–Crippen LogP) is 4.49. The molecule has 1 fully saturated rings. The van der Waals surface area contributed by atoms with Crippen LogP contribution in [-0.4, -0.2) is 51.2 Å². The summed E-state index contributed by atoms with van der Waals surface area (Å²) in [7, 11) is 0. The molecule has 0 aliphatic carbocycles. The first kappa shape index (κ1) is 23.7. The van der Waals surface area contributed by atoms with Crippen molar-refractivity contribution in [2.45, 2.75) is 39.3 Å². The van der Waals surface area contributed by atoms with E-state index in [-0.39, 0.29) is 19.1 Å². The molecular weight excluding hydrogens is 458 g/mol. The van der Waals surface area contributed by atoms with Gasteiger partial charge in [0.05, 0.1) is 24.3 Å². The molecule has 36 heavy (non-hydrogen) atoms. The largest absolute Gasteiger partial charge is 0.462 e. The monoisotopic (exact) mass is 487 g/mol. The lowest BCUT2D eigenvalue weighted by atomic mass is 10.1. The van der Waals surface area contributed by atoms with Gasteiger partial charge in [-0.2, -0.15) is 0 Å². The highest BCUT2D eigenvalue weighted by Gasteiger charge is 2.19. The highest BCUT2D eigenvalue weighted by atomic mass is 16.5. The van der Waals surface area contributed by atoms with Gasteiger partial charge in [-0.25, -0.2) is 4.79 Å². The van der Waals surface area contributed by atoms with Crippen LogP contribution in [0.15, 0.2) is 59.1 Å². The van der Waals surface area contributed by atoms with E-state index in [9.17, 15) is 9.59 Å². The third kappa shape index (κ3) is 5.31. The summed E-state index contributed by atoms with van der Waals surface area (Å²) in [6.45, 7) is 4.88. The summed E-state index contributed by atoms with van der Waals surface area (Å²) >= 11 is 0. The van der Waals surface area contributed by atoms with Crippen LogP contribution in [-0.2, 0) is 22.6 Å². The van der Waals surface area contributed by atoms with Crippen LogP contribution in [0.4, 0.5) is 5.69 Å². The molecule has 5 rings (SSSR count). The number of amides is 1. The minimum atomic E-state index is -0.422. The van der Waals surface area contributed by atoms with Crippen molar-refractivity contribution >= 4 is 28.5 Å². The molecule has 1 amide bonds. The molecule has 0 unspecified atom stereocenters. The zero-order valence-electron chi connectivity index (χ0n) is 20.3. The third-order valence-electron chi connectivity index (χ3n) is 6.26. The summed E-state index contributed by atoms with van der Waals surface area (Å²) < 4.78 is 12.9. The van der Waals surface area contributed by atoms with Crippen molar-refractivity contribution in [1.82, 2.24) is 19.7 Å². The van der Waals surface area contributed by atoms with E-state index in [4.69, 9.17) is 9.15 Å². The van der Waals surface area contributed by atoms with E-state index in [2.05, 4.69) is 20.4 Å². The van der Waals surface area contributed by atoms with E-state index in [1.54, 1.807) is 31.2 Å². The van der Waals surface area contributed by atoms with Crippen molar-refractivity contribution < 1.29 is 18.7 Å². The first-order chi connectivity index (χ1) is 17.6. The second-order valence-electron chi connectivity index (χ2n) is 8.88. The van der Waals surface area contributed by atoms with Gasteiger partial charge in [0.25, 0.3) is 0 Å². The zero-order valence-corrected chi connectivity index (χ0v) is 20.3. The van der Waals surface area contributed by atoms with E-state index < -0.39 is 5.97 Å². The van der Waals surface area contributed by atoms with Gasteiger partial charge in [0, 0.05) is 22.8 Å². The average molecular weight is 488 g/mol. The molecule has 2 aromatic heterocycles. The average Bonchev–Trinajstić information content (AvgIpc) is 3.50. The topological polar surface area (TPSA) is 102 Å². The Morgan fingerprint density at radius 3 is 2.72 bits per heavy atom. The van der Waals surface area contributed by atoms with Gasteiger partial charge in [0.15, 0.2) is 0 Å². The van der Waals surface area contributed by atoms with Gasteiger partial charge in [-0.05, 0) is 57.1 Å². The molecular formula is C27H29N5O4. The lowest BCUT2D eigenvalue weighted by Crippen LogP contribution is -2.29. The summed E-state index contributed by atoms with van der Waals surface area (Å²) in [5, 5.41) is 12.4. The third-order valence-corrected chi connectivity index (χ3v) is 6.26. The number of fused-ring (bicyclic) bond motifs is 1. The molecule has 1 N–H and O–H groups in total. The first-order valence-electron chi connectivity index (χ1n) is 12.3. The van der Waals surface area contributed by atoms with Crippen LogP contribution in [0.1, 0.15) is 42.4 Å². The minimum absolute atomic E-state index is 0.0823. The van der Waals surface area contributed by atoms with Crippen LogP contribution < -0.4 is 5.32 Å². The van der Waals surface area contributed by atoms with Gasteiger partial charge >= 0.3 is 5.97 Å². The standard InChI is InChI=1S/C27H29N5O4/c1-2-35-27(34)19-9-8-10-20(15-19)28-24(33)17-32-16-22(21-11-4-5-12-23(21)32)26-30-29-25(36-26)18-31-13-6-3-7-14-31/h4-5,8-12,15-16H,2-3,6-7,13-14,17-18H2,1H3,(H,28,33). The molecule has 9 nitrogen and oxygen atoms in total. The minimum Gasteiger partial charge on any atom is -0.462 e. The molecule has 9 heteroatoms. The quantitative estimate of drug-likeness (QED) is 0.365. The molecule has 1 aliphatic heterocycles. The fourth-order valence-electron chi connectivity index (χ4n) is 4.58. The summed E-state index contributed by atoms with van der Waals surface area (Å²) in [6.07, 6.45) is 5.54. The van der Waals surface area contributed by atoms with Gasteiger partial charge in [-0.1, -0.05) is 30.7 Å². The lowest BCUT2D eigenvalue weighted by Gasteiger charge is -2.24. The highest BCUT2D eigenvalue weighted by molar-refractivity contribution is 5.97. The smallest absolute Gasteiger partial charge is 0.338 e. The lowest BCUT2D eigenvalue weighted by molar-refractivity contribution is -0.116. The Morgan fingerprint density at radius 1 is 1.06 bits per heavy atom. The van der Waals surface area contributed by atoms with Gasteiger partial charge in [0.1, 0.15) is 6.54 Å². The Morgan fingerprint density at radius 2 is 1.89 bits per heavy atom. The van der Waals surface area contributed by atoms with E-state index >= 15 is 0 Å². The number of anilines is 1. The Bertz CT molecular complexity index is 1370. The summed E-state index contributed by atoms with van der Waals surface area (Å²) in [4.78, 5) is 27.2. The number of likely N-dealkylation sites (tertiary alicyclic amines) is 1. The number of nitrogens with one attached hydrogen (secondary N) is 1. The van der Waals surface area contributed by atoms with E-state index in [1.165, 1.54) is 19.3 Å². The second-order valence-corrected chi connectivity index (χ2v) is 8.88. The second kappa shape index (κ2) is 10.7. The number of esters is 1. The Hall–Kier alpha value is -3.98. The molecule has 0 spiro atoms. The number of hydrogen-bond acceptors (Lipinski definition) is 7. The van der Waals surface area contributed by atoms with Crippen molar-refractivity contribution in [2.75, 3.05) is 25.0 Å². The van der Waals surface area contributed by atoms with Crippen molar-refractivity contribution in [3.05, 3.63) is 66.2 Å². The molecule has 3 heterocycles. The van der Waals surface area contributed by atoms with Gasteiger partial charge in [-0.15, -0.1) is 10.2 Å². The molecule has 186 valence electrons. The van der Waals surface area contributed by atoms with Gasteiger partial charge in [-0.3, -0.25) is 9.69 Å². The van der Waals surface area contributed by atoms with E-state index in [0.29, 0.717) is 29.6 Å². The number of carbonyl (C=O) groups excluding carboxylic acids is 2. The van der Waals surface area contributed by atoms with Crippen LogP contribution >= 0.6 is 0 Å². The SMILES string of the molecule is CCOC(=O)c1cccc(NC(=O)Cn2cc(-c3nnc(CN4CCCCC4)o3)c3ccccc32)c1. The molecule has 0 bridgehead atoms. The number of piperidine rings is 1. The maximum atomic E-state index is 12.9. The molecule has 0 radical (unpaired) electrons. The van der Waals surface area contributed by atoms with Crippen molar-refractivity contribution in [3.63, 3.8) is 0 Å². The number of hydrogen-bond donors (Lipinski definition) is 1. The van der Waals surface area contributed by atoms with Crippen molar-refractivity contribution in [1.29, 1.82) is 0 Å². The Balaban J connectivity index is 1.33.